The molecule has 3 aromatic carbocycles. The molecule has 1 aromatic heterocycles. The molecule has 2 aliphatic carbocycles. The number of benzene rings is 3. The molecular weight excluding hydrogens is 719 g/mol. The molecule has 4 aliphatic rings. The lowest BCUT2D eigenvalue weighted by molar-refractivity contribution is -0.158. The molecule has 12 nitrogen and oxygen atoms in total. The fraction of sp³-hybridized carbons (Fsp3) is 0.452. The molecule has 1 N–H and O–H groups in total. The first kappa shape index (κ1) is 37.2. The highest BCUT2D eigenvalue weighted by atomic mass is 32.2. The number of hydrogen-bond acceptors (Lipinski definition) is 7. The van der Waals surface area contributed by atoms with E-state index in [0.717, 1.165) is 63.3 Å². The molecule has 13 heteroatoms. The van der Waals surface area contributed by atoms with Crippen LogP contribution < -0.4 is 9.46 Å². The van der Waals surface area contributed by atoms with Crippen molar-refractivity contribution >= 4 is 38.8 Å². The van der Waals surface area contributed by atoms with E-state index in [0.29, 0.717) is 32.1 Å². The number of aromatic nitrogens is 1. The van der Waals surface area contributed by atoms with Gasteiger partial charge >= 0.3 is 22.0 Å². The summed E-state index contributed by atoms with van der Waals surface area (Å²) in [7, 11) is 2.10. The number of carbonyl (C=O) groups excluding carboxylic acids is 3. The number of morpholine rings is 1. The summed E-state index contributed by atoms with van der Waals surface area (Å²) in [5.74, 6) is -1.04. The zero-order chi connectivity index (χ0) is 38.8. The van der Waals surface area contributed by atoms with Crippen LogP contribution in [-0.4, -0.2) is 98.4 Å². The Morgan fingerprint density at radius 3 is 2.42 bits per heavy atom. The van der Waals surface area contributed by atoms with Crippen LogP contribution in [0.3, 0.4) is 0 Å². The third kappa shape index (κ3) is 6.11. The third-order valence-electron chi connectivity index (χ3n) is 12.7. The monoisotopic (exact) mass is 767 g/mol. The Bertz CT molecular complexity index is 2280. The first-order valence-corrected chi connectivity index (χ1v) is 20.6. The van der Waals surface area contributed by atoms with Gasteiger partial charge in [0.2, 0.25) is 0 Å². The van der Waals surface area contributed by atoms with Crippen LogP contribution in [0.2, 0.25) is 0 Å². The van der Waals surface area contributed by atoms with E-state index in [1.165, 1.54) is 26.1 Å². The van der Waals surface area contributed by atoms with Gasteiger partial charge in [0.05, 0.1) is 37.6 Å². The Balaban J connectivity index is 1.27. The van der Waals surface area contributed by atoms with Gasteiger partial charge in [-0.2, -0.15) is 12.7 Å². The summed E-state index contributed by atoms with van der Waals surface area (Å²) < 4.78 is 42.3. The molecule has 8 rings (SSSR count). The molecule has 0 radical (unpaired) electrons. The van der Waals surface area contributed by atoms with E-state index >= 15 is 0 Å². The predicted octanol–water partition coefficient (Wildman–Crippen LogP) is 5.45. The molecule has 290 valence electrons. The Morgan fingerprint density at radius 1 is 0.964 bits per heavy atom. The topological polar surface area (TPSA) is 130 Å². The second kappa shape index (κ2) is 14.1. The van der Waals surface area contributed by atoms with Crippen LogP contribution in [0, 0.1) is 5.92 Å². The molecule has 3 heterocycles. The number of nitrogens with zero attached hydrogens (tertiary/aromatic N) is 4. The van der Waals surface area contributed by atoms with E-state index in [1.807, 2.05) is 42.5 Å². The molecular formula is C42H49N5O7S. The summed E-state index contributed by atoms with van der Waals surface area (Å²) in [5, 5.41) is 1.00. The Kier molecular flexibility index (Phi) is 9.54. The molecule has 0 spiro atoms. The highest BCUT2D eigenvalue weighted by Crippen LogP contribution is 2.66. The summed E-state index contributed by atoms with van der Waals surface area (Å²) >= 11 is 0. The number of carbonyl (C=O) groups is 3. The quantitative estimate of drug-likeness (QED) is 0.248. The maximum absolute atomic E-state index is 14.6. The van der Waals surface area contributed by atoms with Crippen LogP contribution in [0.4, 0.5) is 0 Å². The van der Waals surface area contributed by atoms with Gasteiger partial charge in [0.15, 0.2) is 0 Å². The van der Waals surface area contributed by atoms with Gasteiger partial charge in [-0.1, -0.05) is 62.6 Å². The van der Waals surface area contributed by atoms with Gasteiger partial charge in [0.25, 0.3) is 5.91 Å². The fourth-order valence-electron chi connectivity index (χ4n) is 9.71. The number of likely N-dealkylation sites (N-methyl/N-ethyl adjacent to an activating group) is 1. The van der Waals surface area contributed by atoms with Gasteiger partial charge in [-0.15, -0.1) is 0 Å². The van der Waals surface area contributed by atoms with Crippen molar-refractivity contribution in [2.24, 2.45) is 5.92 Å². The van der Waals surface area contributed by atoms with Gasteiger partial charge in [-0.25, -0.2) is 4.72 Å². The molecule has 2 aliphatic heterocycles. The average Bonchev–Trinajstić information content (AvgIpc) is 3.71. The SMILES string of the molecule is COc1ccc2c(c1)[C@@H]1C(C)[C@]1(N(C)C(=O)C(=O)N1CCOCC1c1ccccc1)Cn1c-2c(C2CCCCC2)c2ccc(C(=O)NS(=O)(=O)N(C)C)cc21. The molecule has 4 aromatic rings. The van der Waals surface area contributed by atoms with Crippen molar-refractivity contribution in [1.29, 1.82) is 0 Å². The summed E-state index contributed by atoms with van der Waals surface area (Å²) in [6.45, 7) is 3.45. The van der Waals surface area contributed by atoms with Gasteiger partial charge in [0, 0.05) is 62.2 Å². The van der Waals surface area contributed by atoms with E-state index in [1.54, 1.807) is 36.1 Å². The van der Waals surface area contributed by atoms with Crippen LogP contribution in [0.5, 0.6) is 5.75 Å². The van der Waals surface area contributed by atoms with Gasteiger partial charge in [-0.05, 0) is 71.7 Å². The minimum atomic E-state index is -4.03. The zero-order valence-electron chi connectivity index (χ0n) is 32.1. The lowest BCUT2D eigenvalue weighted by Crippen LogP contribution is -2.54. The van der Waals surface area contributed by atoms with Gasteiger partial charge < -0.3 is 23.8 Å². The molecule has 3 amide bonds. The van der Waals surface area contributed by atoms with E-state index in [-0.39, 0.29) is 29.4 Å². The van der Waals surface area contributed by atoms with Crippen molar-refractivity contribution < 1.29 is 32.3 Å². The Hall–Kier alpha value is -4.72. The summed E-state index contributed by atoms with van der Waals surface area (Å²) in [4.78, 5) is 45.9. The third-order valence-corrected chi connectivity index (χ3v) is 14.2. The van der Waals surface area contributed by atoms with Crippen molar-refractivity contribution in [1.82, 2.24) is 23.4 Å². The largest absolute Gasteiger partial charge is 0.497 e. The second-order valence-electron chi connectivity index (χ2n) is 15.7. The summed E-state index contributed by atoms with van der Waals surface area (Å²) in [6, 6.07) is 20.9. The Labute approximate surface area is 322 Å². The predicted molar refractivity (Wildman–Crippen MR) is 209 cm³/mol. The lowest BCUT2D eigenvalue weighted by Gasteiger charge is -2.38. The smallest absolute Gasteiger partial charge is 0.312 e. The standard InChI is InChI=1S/C42H49N5O7S/c1-26-37-33-23-30(53-5)17-19-31(33)38-36(28-14-10-7-11-15-28)32-18-16-29(39(48)43-55(51,52)44(2)3)22-34(32)47(38)25-42(26,37)45(4)40(49)41(50)46-20-21-54-24-35(46)27-12-8-6-9-13-27/h6,8-9,12-13,16-19,22-23,26,28,35,37H,7,10-11,14-15,20-21,24-25H2,1-5H3,(H,43,48)/t26?,35?,37-,42+/m0/s1. The highest BCUT2D eigenvalue weighted by molar-refractivity contribution is 7.87. The lowest BCUT2D eigenvalue weighted by atomic mass is 9.81. The van der Waals surface area contributed by atoms with E-state index in [9.17, 15) is 22.8 Å². The van der Waals surface area contributed by atoms with Crippen LogP contribution >= 0.6 is 0 Å². The number of ether oxygens (including phenoxy) is 2. The number of amides is 3. The van der Waals surface area contributed by atoms with Gasteiger partial charge in [-0.3, -0.25) is 14.4 Å². The van der Waals surface area contributed by atoms with E-state index < -0.39 is 33.5 Å². The average molecular weight is 768 g/mol. The van der Waals surface area contributed by atoms with Crippen molar-refractivity contribution in [3.05, 3.63) is 89.0 Å². The van der Waals surface area contributed by atoms with Crippen LogP contribution in [-0.2, 0) is 31.1 Å². The van der Waals surface area contributed by atoms with Crippen molar-refractivity contribution in [2.75, 3.05) is 48.0 Å². The van der Waals surface area contributed by atoms with Crippen molar-refractivity contribution in [3.63, 3.8) is 0 Å². The first-order chi connectivity index (χ1) is 26.4. The second-order valence-corrected chi connectivity index (χ2v) is 17.6. The zero-order valence-corrected chi connectivity index (χ0v) is 32.9. The van der Waals surface area contributed by atoms with Crippen LogP contribution in [0.25, 0.3) is 22.2 Å². The molecule has 0 bridgehead atoms. The van der Waals surface area contributed by atoms with Crippen molar-refractivity contribution in [2.45, 2.75) is 69.0 Å². The Morgan fingerprint density at radius 2 is 1.71 bits per heavy atom. The maximum Gasteiger partial charge on any atom is 0.312 e. The van der Waals surface area contributed by atoms with E-state index in [2.05, 4.69) is 28.3 Å². The van der Waals surface area contributed by atoms with Crippen molar-refractivity contribution in [3.8, 4) is 17.0 Å². The van der Waals surface area contributed by atoms with Crippen LogP contribution in [0.15, 0.2) is 66.7 Å². The number of rotatable bonds is 7. The highest BCUT2D eigenvalue weighted by Gasteiger charge is 2.68. The normalized spacial score (nSPS) is 23.7. The number of methoxy groups -OCH3 is 1. The molecule has 1 saturated heterocycles. The minimum Gasteiger partial charge on any atom is -0.497 e. The number of nitrogens with one attached hydrogen (secondary N) is 1. The maximum atomic E-state index is 14.6. The summed E-state index contributed by atoms with van der Waals surface area (Å²) in [5.41, 5.74) is 5.46. The summed E-state index contributed by atoms with van der Waals surface area (Å²) in [6.07, 6.45) is 5.47. The number of hydrogen-bond donors (Lipinski definition) is 1. The first-order valence-electron chi connectivity index (χ1n) is 19.2. The fourth-order valence-corrected chi connectivity index (χ4v) is 10.2. The minimum absolute atomic E-state index is 0.0323. The molecule has 3 fully saturated rings. The van der Waals surface area contributed by atoms with Gasteiger partial charge in [0.1, 0.15) is 5.75 Å². The molecule has 4 atom stereocenters. The molecule has 2 unspecified atom stereocenters. The van der Waals surface area contributed by atoms with Crippen LogP contribution in [0.1, 0.15) is 84.0 Å². The molecule has 55 heavy (non-hydrogen) atoms. The number of fused-ring (bicyclic) bond motifs is 7. The molecule has 2 saturated carbocycles. The van der Waals surface area contributed by atoms with E-state index in [4.69, 9.17) is 9.47 Å².